The number of nitrogens with zero attached hydrogens (tertiary/aromatic N) is 2. The van der Waals surface area contributed by atoms with Gasteiger partial charge in [0, 0.05) is 4.47 Å². The third-order valence-electron chi connectivity index (χ3n) is 2.72. The molecule has 5 heteroatoms. The van der Waals surface area contributed by atoms with E-state index in [1.807, 2.05) is 24.3 Å². The highest BCUT2D eigenvalue weighted by Crippen LogP contribution is 2.30. The maximum atomic E-state index is 8.53. The predicted octanol–water partition coefficient (Wildman–Crippen LogP) is 4.07. The van der Waals surface area contributed by atoms with Crippen LogP contribution in [0, 0.1) is 0 Å². The van der Waals surface area contributed by atoms with Crippen LogP contribution in [0.1, 0.15) is 5.56 Å². The van der Waals surface area contributed by atoms with E-state index in [9.17, 15) is 0 Å². The number of oxazole rings is 1. The Hall–Kier alpha value is -2.14. The Morgan fingerprint density at radius 1 is 1.21 bits per heavy atom. The van der Waals surface area contributed by atoms with Crippen LogP contribution < -0.4 is 0 Å². The van der Waals surface area contributed by atoms with Gasteiger partial charge in [-0.3, -0.25) is 0 Å². The van der Waals surface area contributed by atoms with Gasteiger partial charge in [0.2, 0.25) is 5.89 Å². The van der Waals surface area contributed by atoms with E-state index < -0.39 is 0 Å². The molecule has 2 aromatic carbocycles. The standard InChI is InChI=1S/C14H9BrN2O2/c15-11-4-2-1-3-10(11)14-17-12-7-9(8-16-18)5-6-13(12)19-14/h1-8,18H/b16-8+. The molecule has 0 bridgehead atoms. The molecule has 3 aromatic rings. The predicted molar refractivity (Wildman–Crippen MR) is 76.5 cm³/mol. The lowest BCUT2D eigenvalue weighted by atomic mass is 10.2. The number of benzene rings is 2. The van der Waals surface area contributed by atoms with Gasteiger partial charge < -0.3 is 9.62 Å². The molecule has 0 saturated heterocycles. The van der Waals surface area contributed by atoms with Crippen LogP contribution in [0.15, 0.2) is 56.5 Å². The van der Waals surface area contributed by atoms with E-state index in [2.05, 4.69) is 26.1 Å². The summed E-state index contributed by atoms with van der Waals surface area (Å²) in [5.74, 6) is 0.556. The quantitative estimate of drug-likeness (QED) is 0.440. The largest absolute Gasteiger partial charge is 0.436 e. The van der Waals surface area contributed by atoms with Crippen molar-refractivity contribution in [3.63, 3.8) is 0 Å². The van der Waals surface area contributed by atoms with Gasteiger partial charge in [-0.2, -0.15) is 0 Å². The van der Waals surface area contributed by atoms with Gasteiger partial charge in [0.05, 0.1) is 11.8 Å². The van der Waals surface area contributed by atoms with Crippen LogP contribution in [0.3, 0.4) is 0 Å². The van der Waals surface area contributed by atoms with Gasteiger partial charge in [-0.05, 0) is 51.8 Å². The number of hydrogen-bond acceptors (Lipinski definition) is 4. The third-order valence-corrected chi connectivity index (χ3v) is 3.41. The SMILES string of the molecule is O/N=C/c1ccc2oc(-c3ccccc3Br)nc2c1. The fourth-order valence-electron chi connectivity index (χ4n) is 1.84. The van der Waals surface area contributed by atoms with Crippen LogP contribution in [-0.2, 0) is 0 Å². The normalized spacial score (nSPS) is 11.4. The average molecular weight is 317 g/mol. The summed E-state index contributed by atoms with van der Waals surface area (Å²) in [6.45, 7) is 0. The van der Waals surface area contributed by atoms with E-state index in [0.29, 0.717) is 11.5 Å². The van der Waals surface area contributed by atoms with Crippen molar-refractivity contribution in [2.75, 3.05) is 0 Å². The molecule has 1 heterocycles. The van der Waals surface area contributed by atoms with Crippen molar-refractivity contribution in [1.82, 2.24) is 4.98 Å². The molecule has 4 nitrogen and oxygen atoms in total. The summed E-state index contributed by atoms with van der Waals surface area (Å²) in [5.41, 5.74) is 3.09. The topological polar surface area (TPSA) is 58.6 Å². The lowest BCUT2D eigenvalue weighted by Gasteiger charge is -1.97. The number of fused-ring (bicyclic) bond motifs is 1. The van der Waals surface area contributed by atoms with Crippen LogP contribution >= 0.6 is 15.9 Å². The highest BCUT2D eigenvalue weighted by molar-refractivity contribution is 9.10. The summed E-state index contributed by atoms with van der Waals surface area (Å²) in [5, 5.41) is 11.5. The van der Waals surface area contributed by atoms with Crippen molar-refractivity contribution in [2.45, 2.75) is 0 Å². The summed E-state index contributed by atoms with van der Waals surface area (Å²) < 4.78 is 6.65. The van der Waals surface area contributed by atoms with E-state index in [0.717, 1.165) is 21.1 Å². The van der Waals surface area contributed by atoms with Crippen LogP contribution in [0.5, 0.6) is 0 Å². The summed E-state index contributed by atoms with van der Waals surface area (Å²) in [6, 6.07) is 13.2. The average Bonchev–Trinajstić information content (AvgIpc) is 2.82. The minimum atomic E-state index is 0.556. The van der Waals surface area contributed by atoms with Gasteiger partial charge in [0.25, 0.3) is 0 Å². The Morgan fingerprint density at radius 3 is 2.84 bits per heavy atom. The molecular formula is C14H9BrN2O2. The van der Waals surface area contributed by atoms with Crippen molar-refractivity contribution in [1.29, 1.82) is 0 Å². The van der Waals surface area contributed by atoms with Crippen LogP contribution in [0.25, 0.3) is 22.6 Å². The summed E-state index contributed by atoms with van der Waals surface area (Å²) in [4.78, 5) is 4.45. The lowest BCUT2D eigenvalue weighted by molar-refractivity contribution is 0.322. The minimum absolute atomic E-state index is 0.556. The molecule has 0 aliphatic carbocycles. The van der Waals surface area contributed by atoms with Crippen LogP contribution in [0.4, 0.5) is 0 Å². The lowest BCUT2D eigenvalue weighted by Crippen LogP contribution is -1.80. The Balaban J connectivity index is 2.14. The van der Waals surface area contributed by atoms with E-state index in [1.165, 1.54) is 6.21 Å². The zero-order valence-corrected chi connectivity index (χ0v) is 11.3. The molecule has 1 aromatic heterocycles. The maximum absolute atomic E-state index is 8.53. The van der Waals surface area contributed by atoms with Gasteiger partial charge in [-0.25, -0.2) is 4.98 Å². The highest BCUT2D eigenvalue weighted by Gasteiger charge is 2.10. The maximum Gasteiger partial charge on any atom is 0.228 e. The van der Waals surface area contributed by atoms with Crippen molar-refractivity contribution in [3.05, 3.63) is 52.5 Å². The minimum Gasteiger partial charge on any atom is -0.436 e. The molecule has 0 unspecified atom stereocenters. The zero-order chi connectivity index (χ0) is 13.2. The molecule has 0 aliphatic rings. The molecular weight excluding hydrogens is 308 g/mol. The Kier molecular flexibility index (Phi) is 3.05. The molecule has 0 amide bonds. The first-order chi connectivity index (χ1) is 9.28. The summed E-state index contributed by atoms with van der Waals surface area (Å²) in [7, 11) is 0. The second kappa shape index (κ2) is 4.85. The molecule has 0 aliphatic heterocycles. The molecule has 0 saturated carbocycles. The van der Waals surface area contributed by atoms with Gasteiger partial charge in [0.15, 0.2) is 5.58 Å². The highest BCUT2D eigenvalue weighted by atomic mass is 79.9. The Morgan fingerprint density at radius 2 is 2.05 bits per heavy atom. The Labute approximate surface area is 117 Å². The Bertz CT molecular complexity index is 765. The first-order valence-electron chi connectivity index (χ1n) is 5.61. The monoisotopic (exact) mass is 316 g/mol. The number of oxime groups is 1. The fraction of sp³-hybridized carbons (Fsp3) is 0. The summed E-state index contributed by atoms with van der Waals surface area (Å²) in [6.07, 6.45) is 1.35. The first kappa shape index (κ1) is 11.9. The molecule has 1 N–H and O–H groups in total. The van der Waals surface area contributed by atoms with Gasteiger partial charge in [-0.15, -0.1) is 0 Å². The molecule has 0 spiro atoms. The number of aromatic nitrogens is 1. The van der Waals surface area contributed by atoms with Crippen LogP contribution in [0.2, 0.25) is 0 Å². The number of rotatable bonds is 2. The van der Waals surface area contributed by atoms with Crippen molar-refractivity contribution < 1.29 is 9.62 Å². The zero-order valence-electron chi connectivity index (χ0n) is 9.75. The molecule has 0 radical (unpaired) electrons. The van der Waals surface area contributed by atoms with Crippen molar-refractivity contribution >= 4 is 33.2 Å². The molecule has 0 atom stereocenters. The molecule has 0 fully saturated rings. The van der Waals surface area contributed by atoms with Gasteiger partial charge in [0.1, 0.15) is 5.52 Å². The number of hydrogen-bond donors (Lipinski definition) is 1. The molecule has 3 rings (SSSR count). The third kappa shape index (κ3) is 2.24. The second-order valence-electron chi connectivity index (χ2n) is 3.97. The van der Waals surface area contributed by atoms with Crippen LogP contribution in [-0.4, -0.2) is 16.4 Å². The van der Waals surface area contributed by atoms with Crippen molar-refractivity contribution in [3.8, 4) is 11.5 Å². The molecule has 19 heavy (non-hydrogen) atoms. The number of halogens is 1. The first-order valence-corrected chi connectivity index (χ1v) is 6.40. The van der Waals surface area contributed by atoms with E-state index >= 15 is 0 Å². The van der Waals surface area contributed by atoms with Gasteiger partial charge in [-0.1, -0.05) is 17.3 Å². The van der Waals surface area contributed by atoms with E-state index in [4.69, 9.17) is 9.62 Å². The summed E-state index contributed by atoms with van der Waals surface area (Å²) >= 11 is 3.48. The second-order valence-corrected chi connectivity index (χ2v) is 4.82. The van der Waals surface area contributed by atoms with E-state index in [1.54, 1.807) is 18.2 Å². The van der Waals surface area contributed by atoms with Gasteiger partial charge >= 0.3 is 0 Å². The molecule has 94 valence electrons. The fourth-order valence-corrected chi connectivity index (χ4v) is 2.30. The van der Waals surface area contributed by atoms with Crippen molar-refractivity contribution in [2.24, 2.45) is 5.16 Å². The smallest absolute Gasteiger partial charge is 0.228 e. The van der Waals surface area contributed by atoms with E-state index in [-0.39, 0.29) is 0 Å².